The molecule has 0 aromatic heterocycles. The largest absolute Gasteiger partial charge is 0.0617 e. The van der Waals surface area contributed by atoms with E-state index in [0.717, 1.165) is 5.92 Å². The van der Waals surface area contributed by atoms with Crippen LogP contribution in [0.5, 0.6) is 0 Å². The summed E-state index contributed by atoms with van der Waals surface area (Å²) in [5.74, 6) is 0.798. The molecule has 0 heteroatoms. The van der Waals surface area contributed by atoms with E-state index in [4.69, 9.17) is 0 Å². The Balaban J connectivity index is 2.50. The lowest BCUT2D eigenvalue weighted by molar-refractivity contribution is 0.747. The molecule has 1 aromatic rings. The van der Waals surface area contributed by atoms with E-state index in [9.17, 15) is 0 Å². The van der Waals surface area contributed by atoms with Crippen molar-refractivity contribution in [2.24, 2.45) is 0 Å². The van der Waals surface area contributed by atoms with Gasteiger partial charge in [0, 0.05) is 0 Å². The van der Waals surface area contributed by atoms with E-state index in [1.165, 1.54) is 19.3 Å². The number of hydrogen-bond acceptors (Lipinski definition) is 0. The highest BCUT2D eigenvalue weighted by atomic mass is 14.2. The first-order valence-corrected chi connectivity index (χ1v) is 4.93. The first kappa shape index (κ1) is 7.85. The van der Waals surface area contributed by atoms with E-state index in [1.54, 1.807) is 16.7 Å². The molecule has 0 radical (unpaired) electrons. The van der Waals surface area contributed by atoms with Crippen molar-refractivity contribution in [3.8, 4) is 0 Å². The molecule has 0 aliphatic heterocycles. The molecule has 0 saturated heterocycles. The Bertz CT molecular complexity index is 286. The lowest BCUT2D eigenvalue weighted by atomic mass is 9.99. The molecule has 12 heavy (non-hydrogen) atoms. The first-order chi connectivity index (χ1) is 5.83. The van der Waals surface area contributed by atoms with Gasteiger partial charge in [-0.3, -0.25) is 0 Å². The molecule has 0 heterocycles. The van der Waals surface area contributed by atoms with Crippen LogP contribution in [0.4, 0.5) is 0 Å². The van der Waals surface area contributed by atoms with Gasteiger partial charge in [-0.2, -0.15) is 0 Å². The summed E-state index contributed by atoms with van der Waals surface area (Å²) in [5, 5.41) is 0. The van der Waals surface area contributed by atoms with Crippen LogP contribution in [-0.4, -0.2) is 0 Å². The third kappa shape index (κ3) is 1.06. The van der Waals surface area contributed by atoms with Crippen molar-refractivity contribution in [2.45, 2.75) is 39.0 Å². The van der Waals surface area contributed by atoms with Crippen molar-refractivity contribution in [3.05, 3.63) is 34.9 Å². The molecule has 1 aliphatic rings. The Labute approximate surface area is 74.6 Å². The first-order valence-electron chi connectivity index (χ1n) is 4.93. The fraction of sp³-hybridized carbons (Fsp3) is 0.500. The van der Waals surface area contributed by atoms with E-state index in [2.05, 4.69) is 32.0 Å². The number of aryl methyl sites for hydroxylation is 1. The second-order valence-corrected chi connectivity index (χ2v) is 3.78. The van der Waals surface area contributed by atoms with E-state index in [-0.39, 0.29) is 0 Å². The van der Waals surface area contributed by atoms with Crippen LogP contribution in [0, 0.1) is 0 Å². The summed E-state index contributed by atoms with van der Waals surface area (Å²) in [5.41, 5.74) is 4.82. The van der Waals surface area contributed by atoms with Crippen molar-refractivity contribution in [1.29, 1.82) is 0 Å². The quantitative estimate of drug-likeness (QED) is 0.591. The van der Waals surface area contributed by atoms with Crippen LogP contribution in [0.2, 0.25) is 0 Å². The summed E-state index contributed by atoms with van der Waals surface area (Å²) in [7, 11) is 0. The van der Waals surface area contributed by atoms with Gasteiger partial charge < -0.3 is 0 Å². The number of benzene rings is 1. The van der Waals surface area contributed by atoms with Gasteiger partial charge in [-0.05, 0) is 41.9 Å². The zero-order valence-corrected chi connectivity index (χ0v) is 7.93. The molecule has 0 fully saturated rings. The summed E-state index contributed by atoms with van der Waals surface area (Å²) in [4.78, 5) is 0. The van der Waals surface area contributed by atoms with E-state index in [1.807, 2.05) is 0 Å². The predicted octanol–water partition coefficient (Wildman–Crippen LogP) is 3.30. The molecule has 0 nitrogen and oxygen atoms in total. The van der Waals surface area contributed by atoms with Gasteiger partial charge in [0.05, 0.1) is 0 Å². The minimum absolute atomic E-state index is 0.798. The smallest absolute Gasteiger partial charge is 0.0184 e. The van der Waals surface area contributed by atoms with Crippen LogP contribution >= 0.6 is 0 Å². The van der Waals surface area contributed by atoms with Crippen LogP contribution in [0.3, 0.4) is 0 Å². The van der Waals surface area contributed by atoms with Gasteiger partial charge in [-0.25, -0.2) is 0 Å². The van der Waals surface area contributed by atoms with Crippen molar-refractivity contribution < 1.29 is 0 Å². The van der Waals surface area contributed by atoms with E-state index < -0.39 is 0 Å². The third-order valence-electron chi connectivity index (χ3n) is 3.05. The molecule has 0 saturated carbocycles. The predicted molar refractivity (Wildman–Crippen MR) is 52.6 cm³/mol. The molecule has 1 aromatic carbocycles. The maximum atomic E-state index is 2.34. The monoisotopic (exact) mass is 160 g/mol. The van der Waals surface area contributed by atoms with Crippen LogP contribution in [0.15, 0.2) is 18.2 Å². The number of fused-ring (bicyclic) bond motifs is 1. The van der Waals surface area contributed by atoms with Gasteiger partial charge >= 0.3 is 0 Å². The summed E-state index contributed by atoms with van der Waals surface area (Å²) >= 11 is 0. The molecular formula is C12H16. The van der Waals surface area contributed by atoms with Gasteiger partial charge in [0.15, 0.2) is 0 Å². The molecule has 1 aliphatic carbocycles. The lowest BCUT2D eigenvalue weighted by Crippen LogP contribution is -1.91. The topological polar surface area (TPSA) is 0 Å². The summed E-state index contributed by atoms with van der Waals surface area (Å²) < 4.78 is 0. The number of rotatable bonds is 1. The summed E-state index contributed by atoms with van der Waals surface area (Å²) in [6, 6.07) is 6.78. The van der Waals surface area contributed by atoms with Gasteiger partial charge in [0.2, 0.25) is 0 Å². The van der Waals surface area contributed by atoms with Crippen molar-refractivity contribution in [2.75, 3.05) is 0 Å². The normalized spacial score (nSPS) is 21.0. The van der Waals surface area contributed by atoms with Crippen molar-refractivity contribution in [3.63, 3.8) is 0 Å². The van der Waals surface area contributed by atoms with Gasteiger partial charge in [-0.15, -0.1) is 0 Å². The highest BCUT2D eigenvalue weighted by Gasteiger charge is 2.19. The molecule has 2 rings (SSSR count). The Morgan fingerprint density at radius 3 is 3.00 bits per heavy atom. The molecule has 0 amide bonds. The van der Waals surface area contributed by atoms with Crippen LogP contribution in [-0.2, 0) is 12.8 Å². The van der Waals surface area contributed by atoms with Gasteiger partial charge in [-0.1, -0.05) is 32.0 Å². The second kappa shape index (κ2) is 2.93. The summed E-state index contributed by atoms with van der Waals surface area (Å²) in [6.07, 6.45) is 3.85. The van der Waals surface area contributed by atoms with Gasteiger partial charge in [0.25, 0.3) is 0 Å². The maximum absolute atomic E-state index is 2.34. The maximum Gasteiger partial charge on any atom is -0.0184 e. The van der Waals surface area contributed by atoms with Crippen LogP contribution in [0.25, 0.3) is 0 Å². The highest BCUT2D eigenvalue weighted by molar-refractivity contribution is 5.40. The number of hydrogen-bond donors (Lipinski definition) is 0. The van der Waals surface area contributed by atoms with Crippen molar-refractivity contribution >= 4 is 0 Å². The molecule has 64 valence electrons. The van der Waals surface area contributed by atoms with Crippen LogP contribution < -0.4 is 0 Å². The highest BCUT2D eigenvalue weighted by Crippen LogP contribution is 2.34. The Hall–Kier alpha value is -0.780. The minimum atomic E-state index is 0.798. The Kier molecular flexibility index (Phi) is 1.92. The minimum Gasteiger partial charge on any atom is -0.0617 e. The third-order valence-corrected chi connectivity index (χ3v) is 3.05. The van der Waals surface area contributed by atoms with Gasteiger partial charge in [0.1, 0.15) is 0 Å². The van der Waals surface area contributed by atoms with Crippen LogP contribution in [0.1, 0.15) is 42.9 Å². The molecule has 0 N–H and O–H groups in total. The Morgan fingerprint density at radius 1 is 1.42 bits per heavy atom. The van der Waals surface area contributed by atoms with E-state index in [0.29, 0.717) is 0 Å². The van der Waals surface area contributed by atoms with Crippen molar-refractivity contribution in [1.82, 2.24) is 0 Å². The summed E-state index contributed by atoms with van der Waals surface area (Å²) in [6.45, 7) is 4.59. The molecular weight excluding hydrogens is 144 g/mol. The molecule has 1 unspecified atom stereocenters. The standard InChI is InChI=1S/C12H16/c1-3-10-5-4-6-11-9(2)7-8-12(10)11/h4-6,9H,3,7-8H2,1-2H3. The fourth-order valence-corrected chi connectivity index (χ4v) is 2.27. The lowest BCUT2D eigenvalue weighted by Gasteiger charge is -2.07. The second-order valence-electron chi connectivity index (χ2n) is 3.78. The zero-order valence-electron chi connectivity index (χ0n) is 7.93. The zero-order chi connectivity index (χ0) is 8.55. The molecule has 0 spiro atoms. The average molecular weight is 160 g/mol. The average Bonchev–Trinajstić information content (AvgIpc) is 2.48. The van der Waals surface area contributed by atoms with E-state index >= 15 is 0 Å². The molecule has 0 bridgehead atoms. The fourth-order valence-electron chi connectivity index (χ4n) is 2.27. The SMILES string of the molecule is CCc1cccc2c1CCC2C. The Morgan fingerprint density at radius 2 is 2.25 bits per heavy atom. The molecule has 1 atom stereocenters.